The summed E-state index contributed by atoms with van der Waals surface area (Å²) in [4.78, 5) is 27.7. The van der Waals surface area contributed by atoms with Crippen LogP contribution in [0.15, 0.2) is 36.4 Å². The van der Waals surface area contributed by atoms with E-state index in [0.29, 0.717) is 24.5 Å². The summed E-state index contributed by atoms with van der Waals surface area (Å²) in [5, 5.41) is 2.92. The van der Waals surface area contributed by atoms with Gasteiger partial charge in [-0.1, -0.05) is 32.4 Å². The molecular formula is C26H34N2O6. The van der Waals surface area contributed by atoms with Gasteiger partial charge in [0.25, 0.3) is 0 Å². The van der Waals surface area contributed by atoms with E-state index in [-0.39, 0.29) is 18.0 Å². The lowest BCUT2D eigenvalue weighted by molar-refractivity contribution is -0.144. The molecule has 3 rings (SSSR count). The monoisotopic (exact) mass is 470 g/mol. The summed E-state index contributed by atoms with van der Waals surface area (Å²) in [5.41, 5.74) is 2.94. The van der Waals surface area contributed by atoms with Crippen LogP contribution in [0.5, 0.6) is 17.2 Å². The summed E-state index contributed by atoms with van der Waals surface area (Å²) < 4.78 is 21.3. The number of amides is 2. The third-order valence-electron chi connectivity index (χ3n) is 6.51. The van der Waals surface area contributed by atoms with E-state index in [1.165, 1.54) is 7.11 Å². The maximum atomic E-state index is 13.6. The average Bonchev–Trinajstić information content (AvgIpc) is 2.89. The normalized spacial score (nSPS) is 16.6. The molecule has 0 aliphatic carbocycles. The van der Waals surface area contributed by atoms with Crippen LogP contribution < -0.4 is 19.5 Å². The smallest absolute Gasteiger partial charge is 0.328 e. The van der Waals surface area contributed by atoms with Gasteiger partial charge in [-0.2, -0.15) is 0 Å². The fraction of sp³-hybridized carbons (Fsp3) is 0.462. The lowest BCUT2D eigenvalue weighted by atomic mass is 9.87. The molecule has 0 saturated carbocycles. The van der Waals surface area contributed by atoms with Crippen molar-refractivity contribution in [1.82, 2.24) is 10.2 Å². The number of nitrogens with one attached hydrogen (secondary N) is 1. The molecule has 0 bridgehead atoms. The zero-order valence-corrected chi connectivity index (χ0v) is 20.7. The number of nitrogens with zero attached hydrogens (tertiary/aromatic N) is 1. The predicted molar refractivity (Wildman–Crippen MR) is 129 cm³/mol. The van der Waals surface area contributed by atoms with Gasteiger partial charge < -0.3 is 29.2 Å². The Morgan fingerprint density at radius 3 is 2.24 bits per heavy atom. The molecule has 1 heterocycles. The van der Waals surface area contributed by atoms with Crippen LogP contribution in [0.4, 0.5) is 4.79 Å². The van der Waals surface area contributed by atoms with Gasteiger partial charge >= 0.3 is 12.0 Å². The van der Waals surface area contributed by atoms with Crippen LogP contribution in [0.3, 0.4) is 0 Å². The molecule has 2 aromatic carbocycles. The Kier molecular flexibility index (Phi) is 8.26. The zero-order valence-electron chi connectivity index (χ0n) is 20.7. The first kappa shape index (κ1) is 25.2. The molecule has 184 valence electrons. The second-order valence-corrected chi connectivity index (χ2v) is 8.36. The molecule has 8 heteroatoms. The van der Waals surface area contributed by atoms with Crippen molar-refractivity contribution in [2.24, 2.45) is 5.92 Å². The second kappa shape index (κ2) is 11.1. The topological polar surface area (TPSA) is 86.3 Å². The molecule has 0 saturated heterocycles. The quantitative estimate of drug-likeness (QED) is 0.588. The number of urea groups is 1. The number of hydrogen-bond donors (Lipinski definition) is 1. The van der Waals surface area contributed by atoms with Gasteiger partial charge in [0, 0.05) is 6.54 Å². The Morgan fingerprint density at radius 1 is 1.03 bits per heavy atom. The highest BCUT2D eigenvalue weighted by atomic mass is 16.5. The molecule has 1 N–H and O–H groups in total. The molecule has 0 unspecified atom stereocenters. The molecule has 0 radical (unpaired) electrons. The van der Waals surface area contributed by atoms with Crippen molar-refractivity contribution >= 4 is 12.0 Å². The van der Waals surface area contributed by atoms with E-state index in [1.54, 1.807) is 26.2 Å². The van der Waals surface area contributed by atoms with Crippen LogP contribution >= 0.6 is 0 Å². The van der Waals surface area contributed by atoms with Crippen molar-refractivity contribution in [1.29, 1.82) is 0 Å². The maximum absolute atomic E-state index is 13.6. The van der Waals surface area contributed by atoms with Crippen molar-refractivity contribution in [2.45, 2.75) is 38.8 Å². The summed E-state index contributed by atoms with van der Waals surface area (Å²) in [7, 11) is 6.15. The van der Waals surface area contributed by atoms with E-state index in [1.807, 2.05) is 50.2 Å². The molecule has 0 aromatic heterocycles. The summed E-state index contributed by atoms with van der Waals surface area (Å²) in [5.74, 6) is 1.44. The van der Waals surface area contributed by atoms with Crippen LogP contribution in [-0.4, -0.2) is 57.9 Å². The number of benzene rings is 2. The average molecular weight is 471 g/mol. The Labute approximate surface area is 201 Å². The van der Waals surface area contributed by atoms with E-state index in [2.05, 4.69) is 5.32 Å². The van der Waals surface area contributed by atoms with Gasteiger partial charge in [-0.15, -0.1) is 0 Å². The molecule has 2 aromatic rings. The minimum Gasteiger partial charge on any atom is -0.497 e. The molecule has 1 aliphatic rings. The number of carbonyl (C=O) groups is 2. The minimum atomic E-state index is -0.731. The zero-order chi connectivity index (χ0) is 24.8. The van der Waals surface area contributed by atoms with Gasteiger partial charge in [-0.25, -0.2) is 9.59 Å². The largest absolute Gasteiger partial charge is 0.497 e. The van der Waals surface area contributed by atoms with Gasteiger partial charge in [-0.3, -0.25) is 0 Å². The van der Waals surface area contributed by atoms with E-state index in [0.717, 1.165) is 28.9 Å². The van der Waals surface area contributed by atoms with Crippen molar-refractivity contribution in [3.63, 3.8) is 0 Å². The number of fused-ring (bicyclic) bond motifs is 1. The predicted octanol–water partition coefficient (Wildman–Crippen LogP) is 3.96. The highest BCUT2D eigenvalue weighted by molar-refractivity contribution is 5.84. The molecule has 0 spiro atoms. The number of rotatable bonds is 8. The summed E-state index contributed by atoms with van der Waals surface area (Å²) >= 11 is 0. The lowest BCUT2D eigenvalue weighted by Gasteiger charge is -2.39. The first-order chi connectivity index (χ1) is 16.4. The van der Waals surface area contributed by atoms with Gasteiger partial charge in [0.05, 0.1) is 34.5 Å². The van der Waals surface area contributed by atoms with Crippen LogP contribution in [0.2, 0.25) is 0 Å². The van der Waals surface area contributed by atoms with E-state index in [4.69, 9.17) is 18.9 Å². The maximum Gasteiger partial charge on any atom is 0.328 e. The number of carbonyl (C=O) groups excluding carboxylic acids is 2. The van der Waals surface area contributed by atoms with Gasteiger partial charge in [-0.05, 0) is 53.3 Å². The number of hydrogen-bond acceptors (Lipinski definition) is 6. The molecule has 8 nitrogen and oxygen atoms in total. The highest BCUT2D eigenvalue weighted by Gasteiger charge is 2.36. The van der Waals surface area contributed by atoms with E-state index < -0.39 is 12.0 Å². The molecule has 1 aliphatic heterocycles. The van der Waals surface area contributed by atoms with E-state index >= 15 is 0 Å². The Hall–Kier alpha value is -3.42. The summed E-state index contributed by atoms with van der Waals surface area (Å²) in [6, 6.07) is 10.1. The van der Waals surface area contributed by atoms with Crippen LogP contribution in [0.1, 0.15) is 43.0 Å². The first-order valence-corrected chi connectivity index (χ1v) is 11.4. The van der Waals surface area contributed by atoms with E-state index in [9.17, 15) is 9.59 Å². The molecule has 2 amide bonds. The van der Waals surface area contributed by atoms with Crippen molar-refractivity contribution in [2.75, 3.05) is 35.0 Å². The second-order valence-electron chi connectivity index (χ2n) is 8.36. The Balaban J connectivity index is 2.05. The third-order valence-corrected chi connectivity index (χ3v) is 6.51. The summed E-state index contributed by atoms with van der Waals surface area (Å²) in [6.45, 7) is 4.37. The SMILES string of the molecule is CC[C@H](C)[C@H](NC(=O)N1CCc2cc(OC)c(OC)cc2[C@H]1c1ccc(OC)cc1)C(=O)OC. The molecular weight excluding hydrogens is 436 g/mol. The fourth-order valence-corrected chi connectivity index (χ4v) is 4.32. The lowest BCUT2D eigenvalue weighted by Crippen LogP contribution is -2.53. The molecule has 3 atom stereocenters. The number of ether oxygens (including phenoxy) is 4. The number of methoxy groups -OCH3 is 4. The summed E-state index contributed by atoms with van der Waals surface area (Å²) in [6.07, 6.45) is 1.36. The number of esters is 1. The van der Waals surface area contributed by atoms with Crippen LogP contribution in [0.25, 0.3) is 0 Å². The minimum absolute atomic E-state index is 0.0720. The Bertz CT molecular complexity index is 1010. The molecule has 34 heavy (non-hydrogen) atoms. The first-order valence-electron chi connectivity index (χ1n) is 11.4. The van der Waals surface area contributed by atoms with Crippen molar-refractivity contribution in [3.8, 4) is 17.2 Å². The van der Waals surface area contributed by atoms with Gasteiger partial charge in [0.2, 0.25) is 0 Å². The molecule has 0 fully saturated rings. The highest BCUT2D eigenvalue weighted by Crippen LogP contribution is 2.41. The standard InChI is InChI=1S/C26H34N2O6/c1-7-16(2)23(25(29)34-6)27-26(30)28-13-12-18-14-21(32-4)22(33-5)15-20(18)24(28)17-8-10-19(31-3)11-9-17/h8-11,14-16,23-24H,7,12-13H2,1-6H3,(H,27,30)/t16-,23-,24+/m0/s1. The van der Waals surface area contributed by atoms with Crippen LogP contribution in [-0.2, 0) is 16.0 Å². The van der Waals surface area contributed by atoms with Gasteiger partial charge in [0.1, 0.15) is 11.8 Å². The van der Waals surface area contributed by atoms with Gasteiger partial charge in [0.15, 0.2) is 11.5 Å². The van der Waals surface area contributed by atoms with Crippen LogP contribution in [0, 0.1) is 5.92 Å². The van der Waals surface area contributed by atoms with Crippen molar-refractivity contribution in [3.05, 3.63) is 53.1 Å². The van der Waals surface area contributed by atoms with Crippen molar-refractivity contribution < 1.29 is 28.5 Å². The third kappa shape index (κ3) is 5.05. The Morgan fingerprint density at radius 2 is 1.68 bits per heavy atom. The fourth-order valence-electron chi connectivity index (χ4n) is 4.32.